The second kappa shape index (κ2) is 17.1. The summed E-state index contributed by atoms with van der Waals surface area (Å²) in [5.41, 5.74) is 4.77. The lowest BCUT2D eigenvalue weighted by atomic mass is 10.1. The fourth-order valence-electron chi connectivity index (χ4n) is 6.84. The Morgan fingerprint density at radius 3 is 1.31 bits per heavy atom. The van der Waals surface area contributed by atoms with E-state index in [-0.39, 0.29) is 24.7 Å². The molecule has 10 heteroatoms. The highest BCUT2D eigenvalue weighted by Gasteiger charge is 2.38. The highest BCUT2D eigenvalue weighted by atomic mass is 16.3. The lowest BCUT2D eigenvalue weighted by molar-refractivity contribution is -0.144. The molecule has 0 unspecified atom stereocenters. The molecule has 2 aliphatic rings. The van der Waals surface area contributed by atoms with Gasteiger partial charge in [-0.3, -0.25) is 19.2 Å². The van der Waals surface area contributed by atoms with Gasteiger partial charge in [0.1, 0.15) is 24.3 Å². The molecule has 2 heterocycles. The van der Waals surface area contributed by atoms with Crippen LogP contribution in [0.5, 0.6) is 0 Å². The van der Waals surface area contributed by atoms with Crippen molar-refractivity contribution in [3.8, 4) is 0 Å². The summed E-state index contributed by atoms with van der Waals surface area (Å²) in [6.07, 6.45) is 4.33. The molecule has 4 aromatic carbocycles. The molecule has 0 spiro atoms. The molecule has 4 amide bonds. The van der Waals surface area contributed by atoms with E-state index in [1.54, 1.807) is 24.3 Å². The number of aliphatic hydroxyl groups is 2. The standard InChI is InChI=1S/C42H44N4O6/c47-37(27-31-9-3-1-4-10-31)41(51)45-25-7-13-35(45)39(49)43-33-21-17-29(18-22-33)15-16-30-19-23-34(24-20-30)44-40(50)36-14-8-26-46(36)42(52)38(48)28-32-11-5-2-6-12-32/h1-6,9-12,15-24,35-38,47-48H,7-8,13-14,25-28H2,(H,43,49)(H,44,50)/b16-15+/t35-,36-,37+,38+/m0/s1. The number of hydrogen-bond acceptors (Lipinski definition) is 6. The van der Waals surface area contributed by atoms with Gasteiger partial charge < -0.3 is 30.6 Å². The lowest BCUT2D eigenvalue weighted by Gasteiger charge is -2.26. The van der Waals surface area contributed by atoms with Crippen molar-refractivity contribution in [3.63, 3.8) is 0 Å². The minimum atomic E-state index is -1.21. The molecule has 4 N–H and O–H groups in total. The first kappa shape index (κ1) is 36.2. The molecule has 0 aromatic heterocycles. The van der Waals surface area contributed by atoms with E-state index >= 15 is 0 Å². The van der Waals surface area contributed by atoms with Crippen molar-refractivity contribution in [3.05, 3.63) is 131 Å². The van der Waals surface area contributed by atoms with Gasteiger partial charge in [-0.1, -0.05) is 97.1 Å². The van der Waals surface area contributed by atoms with E-state index in [4.69, 9.17) is 0 Å². The van der Waals surface area contributed by atoms with Crippen LogP contribution in [-0.2, 0) is 32.0 Å². The Morgan fingerprint density at radius 1 is 0.577 bits per heavy atom. The first-order chi connectivity index (χ1) is 25.2. The van der Waals surface area contributed by atoms with Gasteiger partial charge in [-0.25, -0.2) is 0 Å². The van der Waals surface area contributed by atoms with Gasteiger partial charge in [-0.2, -0.15) is 0 Å². The van der Waals surface area contributed by atoms with E-state index in [1.165, 1.54) is 9.80 Å². The Balaban J connectivity index is 0.978. The zero-order valence-corrected chi connectivity index (χ0v) is 28.9. The van der Waals surface area contributed by atoms with Crippen molar-refractivity contribution in [1.82, 2.24) is 9.80 Å². The zero-order valence-electron chi connectivity index (χ0n) is 28.9. The topological polar surface area (TPSA) is 139 Å². The molecule has 4 atom stereocenters. The molecule has 0 radical (unpaired) electrons. The van der Waals surface area contributed by atoms with Gasteiger partial charge >= 0.3 is 0 Å². The van der Waals surface area contributed by atoms with Crippen molar-refractivity contribution in [1.29, 1.82) is 0 Å². The number of rotatable bonds is 12. The maximum atomic E-state index is 13.2. The van der Waals surface area contributed by atoms with E-state index < -0.39 is 36.1 Å². The van der Waals surface area contributed by atoms with Crippen molar-refractivity contribution in [2.75, 3.05) is 23.7 Å². The van der Waals surface area contributed by atoms with E-state index in [0.717, 1.165) is 22.3 Å². The minimum Gasteiger partial charge on any atom is -0.383 e. The molecule has 2 aliphatic heterocycles. The molecule has 0 aliphatic carbocycles. The quantitative estimate of drug-likeness (QED) is 0.155. The Bertz CT molecular complexity index is 1730. The van der Waals surface area contributed by atoms with E-state index in [1.807, 2.05) is 97.1 Å². The van der Waals surface area contributed by atoms with Crippen LogP contribution in [0.15, 0.2) is 109 Å². The van der Waals surface area contributed by atoms with Crippen molar-refractivity contribution < 1.29 is 29.4 Å². The molecule has 2 saturated heterocycles. The summed E-state index contributed by atoms with van der Waals surface area (Å²) in [5, 5.41) is 27.0. The maximum Gasteiger partial charge on any atom is 0.252 e. The second-order valence-electron chi connectivity index (χ2n) is 13.3. The molecule has 268 valence electrons. The van der Waals surface area contributed by atoms with Crippen LogP contribution in [0, 0.1) is 0 Å². The number of aliphatic hydroxyl groups excluding tert-OH is 2. The number of nitrogens with zero attached hydrogens (tertiary/aromatic N) is 2. The highest BCUT2D eigenvalue weighted by molar-refractivity contribution is 5.99. The minimum absolute atomic E-state index is 0.200. The van der Waals surface area contributed by atoms with Crippen LogP contribution < -0.4 is 10.6 Å². The number of nitrogens with one attached hydrogen (secondary N) is 2. The third kappa shape index (κ3) is 9.20. The largest absolute Gasteiger partial charge is 0.383 e. The summed E-state index contributed by atoms with van der Waals surface area (Å²) >= 11 is 0. The fourth-order valence-corrected chi connectivity index (χ4v) is 6.84. The number of amides is 4. The van der Waals surface area contributed by atoms with Crippen LogP contribution in [0.2, 0.25) is 0 Å². The predicted octanol–water partition coefficient (Wildman–Crippen LogP) is 4.92. The molecule has 4 aromatic rings. The van der Waals surface area contributed by atoms with E-state index in [9.17, 15) is 29.4 Å². The number of likely N-dealkylation sites (tertiary alicyclic amines) is 2. The second-order valence-corrected chi connectivity index (χ2v) is 13.3. The Morgan fingerprint density at radius 2 is 0.942 bits per heavy atom. The van der Waals surface area contributed by atoms with Crippen molar-refractivity contribution in [2.45, 2.75) is 62.8 Å². The highest BCUT2D eigenvalue weighted by Crippen LogP contribution is 2.24. The number of hydrogen-bond donors (Lipinski definition) is 4. The van der Waals surface area contributed by atoms with Crippen molar-refractivity contribution in [2.24, 2.45) is 0 Å². The predicted molar refractivity (Wildman–Crippen MR) is 201 cm³/mol. The lowest BCUT2D eigenvalue weighted by Crippen LogP contribution is -2.47. The molecule has 2 fully saturated rings. The van der Waals surface area contributed by atoms with Crippen LogP contribution >= 0.6 is 0 Å². The smallest absolute Gasteiger partial charge is 0.252 e. The van der Waals surface area contributed by atoms with Gasteiger partial charge in [-0.15, -0.1) is 0 Å². The van der Waals surface area contributed by atoms with Crippen LogP contribution in [0.25, 0.3) is 12.2 Å². The zero-order chi connectivity index (χ0) is 36.5. The SMILES string of the molecule is O=C(Nc1ccc(/C=C/c2ccc(NC(=O)[C@@H]3CCCN3C(=O)[C@H](O)Cc3ccccc3)cc2)cc1)[C@@H]1CCCN1C(=O)[C@H](O)Cc1ccccc1. The third-order valence-corrected chi connectivity index (χ3v) is 9.62. The van der Waals surface area contributed by atoms with Crippen LogP contribution in [0.1, 0.15) is 47.9 Å². The van der Waals surface area contributed by atoms with E-state index in [2.05, 4.69) is 10.6 Å². The summed E-state index contributed by atoms with van der Waals surface area (Å²) in [7, 11) is 0. The van der Waals surface area contributed by atoms with Gasteiger partial charge in [0.2, 0.25) is 11.8 Å². The Labute approximate surface area is 303 Å². The molecule has 10 nitrogen and oxygen atoms in total. The maximum absolute atomic E-state index is 13.2. The average Bonchev–Trinajstić information content (AvgIpc) is 3.87. The summed E-state index contributed by atoms with van der Waals surface area (Å²) in [5.74, 6) is -1.41. The number of carbonyl (C=O) groups excluding carboxylic acids is 4. The first-order valence-corrected chi connectivity index (χ1v) is 17.8. The summed E-state index contributed by atoms with van der Waals surface area (Å²) in [6, 6.07) is 32.1. The molecule has 6 rings (SSSR count). The molecule has 0 saturated carbocycles. The molecular formula is C42H44N4O6. The third-order valence-electron chi connectivity index (χ3n) is 9.62. The van der Waals surface area contributed by atoms with Gasteiger partial charge in [0.15, 0.2) is 0 Å². The number of benzene rings is 4. The Hall–Kier alpha value is -5.58. The van der Waals surface area contributed by atoms with Crippen LogP contribution in [-0.4, -0.2) is 81.0 Å². The Kier molecular flexibility index (Phi) is 11.9. The number of anilines is 2. The van der Waals surface area contributed by atoms with Gasteiger partial charge in [0.25, 0.3) is 11.8 Å². The van der Waals surface area contributed by atoms with E-state index in [0.29, 0.717) is 50.1 Å². The van der Waals surface area contributed by atoms with Crippen LogP contribution in [0.3, 0.4) is 0 Å². The summed E-state index contributed by atoms with van der Waals surface area (Å²) < 4.78 is 0. The monoisotopic (exact) mass is 700 g/mol. The first-order valence-electron chi connectivity index (χ1n) is 17.8. The summed E-state index contributed by atoms with van der Waals surface area (Å²) in [6.45, 7) is 0.862. The van der Waals surface area contributed by atoms with Gasteiger partial charge in [0, 0.05) is 37.3 Å². The summed E-state index contributed by atoms with van der Waals surface area (Å²) in [4.78, 5) is 55.3. The van der Waals surface area contributed by atoms with Crippen LogP contribution in [0.4, 0.5) is 11.4 Å². The fraction of sp³-hybridized carbons (Fsp3) is 0.286. The van der Waals surface area contributed by atoms with Gasteiger partial charge in [-0.05, 0) is 72.2 Å². The molecular weight excluding hydrogens is 656 g/mol. The number of carbonyl (C=O) groups is 4. The van der Waals surface area contributed by atoms with Crippen molar-refractivity contribution >= 4 is 47.2 Å². The molecule has 52 heavy (non-hydrogen) atoms. The molecule has 0 bridgehead atoms. The normalized spacial score (nSPS) is 18.3. The van der Waals surface area contributed by atoms with Gasteiger partial charge in [0.05, 0.1) is 0 Å². The average molecular weight is 701 g/mol.